The number of hydrogen-bond donors (Lipinski definition) is 1. The molecule has 0 saturated carbocycles. The monoisotopic (exact) mass is 233 g/mol. The third kappa shape index (κ3) is 3.19. The summed E-state index contributed by atoms with van der Waals surface area (Å²) in [7, 11) is 0. The van der Waals surface area contributed by atoms with Crippen molar-refractivity contribution in [1.82, 2.24) is 10.3 Å². The molecule has 1 aliphatic heterocycles. The maximum absolute atomic E-state index is 4.27. The normalized spacial score (nSPS) is 19.9. The molecule has 0 bridgehead atoms. The fraction of sp³-hybridized carbons (Fsp3) is 0.643. The Balaban J connectivity index is 2.10. The number of nitrogens with zero attached hydrogens (tertiary/aromatic N) is 2. The molecule has 3 nitrogen and oxygen atoms in total. The molecule has 1 atom stereocenters. The van der Waals surface area contributed by atoms with Crippen LogP contribution in [0.5, 0.6) is 0 Å². The van der Waals surface area contributed by atoms with E-state index in [9.17, 15) is 0 Å². The van der Waals surface area contributed by atoms with Gasteiger partial charge in [-0.2, -0.15) is 0 Å². The number of aryl methyl sites for hydroxylation is 1. The Bertz CT molecular complexity index is 356. The van der Waals surface area contributed by atoms with Crippen LogP contribution in [0.3, 0.4) is 0 Å². The van der Waals surface area contributed by atoms with Crippen LogP contribution in [-0.2, 0) is 0 Å². The Morgan fingerprint density at radius 3 is 2.94 bits per heavy atom. The number of anilines is 1. The second-order valence-electron chi connectivity index (χ2n) is 5.19. The fourth-order valence-electron chi connectivity index (χ4n) is 2.47. The summed E-state index contributed by atoms with van der Waals surface area (Å²) in [5, 5.41) is 3.57. The van der Waals surface area contributed by atoms with Gasteiger partial charge in [0.1, 0.15) is 0 Å². The Morgan fingerprint density at radius 2 is 2.35 bits per heavy atom. The van der Waals surface area contributed by atoms with Crippen LogP contribution in [0.25, 0.3) is 0 Å². The van der Waals surface area contributed by atoms with Crippen molar-refractivity contribution in [3.05, 3.63) is 24.0 Å². The quantitative estimate of drug-likeness (QED) is 0.865. The average molecular weight is 233 g/mol. The van der Waals surface area contributed by atoms with Gasteiger partial charge in [0, 0.05) is 36.2 Å². The van der Waals surface area contributed by atoms with Gasteiger partial charge in [-0.1, -0.05) is 0 Å². The second-order valence-corrected chi connectivity index (χ2v) is 5.19. The first-order valence-electron chi connectivity index (χ1n) is 6.59. The Kier molecular flexibility index (Phi) is 4.00. The zero-order valence-corrected chi connectivity index (χ0v) is 11.1. The van der Waals surface area contributed by atoms with Crippen LogP contribution in [-0.4, -0.2) is 30.2 Å². The molecule has 1 aromatic heterocycles. The SMILES string of the molecule is Cc1cc(N(CC2CCCN2)C(C)C)ccn1. The van der Waals surface area contributed by atoms with E-state index in [-0.39, 0.29) is 0 Å². The van der Waals surface area contributed by atoms with E-state index in [2.05, 4.69) is 48.1 Å². The third-order valence-electron chi connectivity index (χ3n) is 3.41. The van der Waals surface area contributed by atoms with Crippen LogP contribution in [0.2, 0.25) is 0 Å². The summed E-state index contributed by atoms with van der Waals surface area (Å²) in [5.41, 5.74) is 2.38. The van der Waals surface area contributed by atoms with Gasteiger partial charge >= 0.3 is 0 Å². The van der Waals surface area contributed by atoms with Crippen molar-refractivity contribution < 1.29 is 0 Å². The minimum absolute atomic E-state index is 0.527. The second kappa shape index (κ2) is 5.50. The van der Waals surface area contributed by atoms with E-state index in [1.165, 1.54) is 25.1 Å². The molecule has 2 heterocycles. The highest BCUT2D eigenvalue weighted by Gasteiger charge is 2.19. The number of pyridine rings is 1. The zero-order valence-electron chi connectivity index (χ0n) is 11.1. The minimum Gasteiger partial charge on any atom is -0.367 e. The molecule has 94 valence electrons. The fourth-order valence-corrected chi connectivity index (χ4v) is 2.47. The molecule has 1 aliphatic rings. The van der Waals surface area contributed by atoms with Gasteiger partial charge in [0.2, 0.25) is 0 Å². The van der Waals surface area contributed by atoms with Crippen molar-refractivity contribution in [2.45, 2.75) is 45.7 Å². The lowest BCUT2D eigenvalue weighted by Gasteiger charge is -2.31. The highest BCUT2D eigenvalue weighted by Crippen LogP contribution is 2.19. The maximum atomic E-state index is 4.27. The first-order chi connectivity index (χ1) is 8.16. The topological polar surface area (TPSA) is 28.2 Å². The molecular weight excluding hydrogens is 210 g/mol. The summed E-state index contributed by atoms with van der Waals surface area (Å²) in [6, 6.07) is 5.46. The van der Waals surface area contributed by atoms with Gasteiger partial charge in [-0.3, -0.25) is 4.98 Å². The lowest BCUT2D eigenvalue weighted by molar-refractivity contribution is 0.552. The van der Waals surface area contributed by atoms with Crippen LogP contribution in [0.4, 0.5) is 5.69 Å². The van der Waals surface area contributed by atoms with Gasteiger partial charge in [-0.25, -0.2) is 0 Å². The van der Waals surface area contributed by atoms with Crippen LogP contribution >= 0.6 is 0 Å². The molecule has 0 amide bonds. The van der Waals surface area contributed by atoms with Crippen LogP contribution < -0.4 is 10.2 Å². The van der Waals surface area contributed by atoms with Gasteiger partial charge in [-0.15, -0.1) is 0 Å². The minimum atomic E-state index is 0.527. The van der Waals surface area contributed by atoms with Crippen LogP contribution in [0.15, 0.2) is 18.3 Å². The lowest BCUT2D eigenvalue weighted by atomic mass is 10.1. The summed E-state index contributed by atoms with van der Waals surface area (Å²) in [4.78, 5) is 6.74. The summed E-state index contributed by atoms with van der Waals surface area (Å²) in [5.74, 6) is 0. The van der Waals surface area contributed by atoms with Crippen LogP contribution in [0, 0.1) is 6.92 Å². The molecule has 1 fully saturated rings. The molecule has 2 rings (SSSR count). The summed E-state index contributed by atoms with van der Waals surface area (Å²) < 4.78 is 0. The van der Waals surface area contributed by atoms with E-state index >= 15 is 0 Å². The number of hydrogen-bond acceptors (Lipinski definition) is 3. The van der Waals surface area contributed by atoms with Crippen molar-refractivity contribution in [3.63, 3.8) is 0 Å². The van der Waals surface area contributed by atoms with E-state index in [1.807, 2.05) is 6.20 Å². The molecule has 17 heavy (non-hydrogen) atoms. The van der Waals surface area contributed by atoms with Gasteiger partial charge in [0.05, 0.1) is 0 Å². The molecule has 0 radical (unpaired) electrons. The Hall–Kier alpha value is -1.09. The molecule has 1 saturated heterocycles. The largest absolute Gasteiger partial charge is 0.367 e. The van der Waals surface area contributed by atoms with E-state index in [0.717, 1.165) is 12.2 Å². The lowest BCUT2D eigenvalue weighted by Crippen LogP contribution is -2.41. The maximum Gasteiger partial charge on any atom is 0.0402 e. The predicted molar refractivity (Wildman–Crippen MR) is 72.5 cm³/mol. The van der Waals surface area contributed by atoms with E-state index in [4.69, 9.17) is 0 Å². The molecule has 0 aliphatic carbocycles. The predicted octanol–water partition coefficient (Wildman–Crippen LogP) is 2.36. The Labute approximate surface area is 104 Å². The molecule has 1 aromatic rings. The van der Waals surface area contributed by atoms with Gasteiger partial charge in [0.15, 0.2) is 0 Å². The molecule has 1 N–H and O–H groups in total. The summed E-state index contributed by atoms with van der Waals surface area (Å²) >= 11 is 0. The van der Waals surface area contributed by atoms with Gasteiger partial charge < -0.3 is 10.2 Å². The molecule has 0 aromatic carbocycles. The van der Waals surface area contributed by atoms with E-state index in [0.29, 0.717) is 12.1 Å². The molecular formula is C14H23N3. The van der Waals surface area contributed by atoms with Crippen molar-refractivity contribution in [2.75, 3.05) is 18.0 Å². The zero-order chi connectivity index (χ0) is 12.3. The average Bonchev–Trinajstić information content (AvgIpc) is 2.78. The first kappa shape index (κ1) is 12.4. The van der Waals surface area contributed by atoms with Gasteiger partial charge in [0.25, 0.3) is 0 Å². The van der Waals surface area contributed by atoms with Crippen molar-refractivity contribution in [3.8, 4) is 0 Å². The number of nitrogens with one attached hydrogen (secondary N) is 1. The molecule has 1 unspecified atom stereocenters. The first-order valence-corrected chi connectivity index (χ1v) is 6.59. The number of rotatable bonds is 4. The van der Waals surface area contributed by atoms with E-state index < -0.39 is 0 Å². The van der Waals surface area contributed by atoms with E-state index in [1.54, 1.807) is 0 Å². The third-order valence-corrected chi connectivity index (χ3v) is 3.41. The van der Waals surface area contributed by atoms with Crippen molar-refractivity contribution in [2.24, 2.45) is 0 Å². The summed E-state index contributed by atoms with van der Waals surface area (Å²) in [6.07, 6.45) is 4.52. The van der Waals surface area contributed by atoms with Crippen LogP contribution in [0.1, 0.15) is 32.4 Å². The highest BCUT2D eigenvalue weighted by molar-refractivity contribution is 5.47. The molecule has 0 spiro atoms. The van der Waals surface area contributed by atoms with Gasteiger partial charge in [-0.05, 0) is 52.3 Å². The Morgan fingerprint density at radius 1 is 1.53 bits per heavy atom. The summed E-state index contributed by atoms with van der Waals surface area (Å²) in [6.45, 7) is 8.83. The van der Waals surface area contributed by atoms with Crippen molar-refractivity contribution in [1.29, 1.82) is 0 Å². The number of aromatic nitrogens is 1. The standard InChI is InChI=1S/C14H23N3/c1-11(2)17(10-13-5-4-7-16-13)14-6-8-15-12(3)9-14/h6,8-9,11,13,16H,4-5,7,10H2,1-3H3. The molecule has 3 heteroatoms. The highest BCUT2D eigenvalue weighted by atomic mass is 15.2. The smallest absolute Gasteiger partial charge is 0.0402 e. The van der Waals surface area contributed by atoms with Crippen molar-refractivity contribution >= 4 is 5.69 Å².